The number of nitro groups is 1. The van der Waals surface area contributed by atoms with Gasteiger partial charge >= 0.3 is 0 Å². The van der Waals surface area contributed by atoms with Crippen LogP contribution in [0.1, 0.15) is 20.3 Å². The highest BCUT2D eigenvalue weighted by Gasteiger charge is 2.17. The molecule has 2 aromatic carbocycles. The first-order valence-electron chi connectivity index (χ1n) is 7.95. The number of nitro benzene ring substituents is 1. The van der Waals surface area contributed by atoms with Crippen LogP contribution < -0.4 is 10.1 Å². The predicted octanol–water partition coefficient (Wildman–Crippen LogP) is 4.50. The van der Waals surface area contributed by atoms with Crippen molar-refractivity contribution in [1.29, 1.82) is 0 Å². The number of hydrogen-bond donors (Lipinski definition) is 1. The molecule has 0 saturated carbocycles. The number of benzene rings is 2. The Morgan fingerprint density at radius 3 is 2.56 bits per heavy atom. The van der Waals surface area contributed by atoms with Gasteiger partial charge < -0.3 is 10.1 Å². The molecule has 25 heavy (non-hydrogen) atoms. The molecule has 1 amide bonds. The average Bonchev–Trinajstić information content (AvgIpc) is 2.61. The lowest BCUT2D eigenvalue weighted by Gasteiger charge is -2.15. The van der Waals surface area contributed by atoms with Gasteiger partial charge in [0.2, 0.25) is 5.91 Å². The number of rotatable bonds is 8. The first-order chi connectivity index (χ1) is 12.0. The van der Waals surface area contributed by atoms with E-state index >= 15 is 0 Å². The molecule has 1 N–H and O–H groups in total. The third-order valence-corrected chi connectivity index (χ3v) is 4.45. The number of thioether (sulfide) groups is 1. The van der Waals surface area contributed by atoms with Crippen molar-refractivity contribution in [3.8, 4) is 5.75 Å². The zero-order valence-corrected chi connectivity index (χ0v) is 14.9. The van der Waals surface area contributed by atoms with Gasteiger partial charge in [0.15, 0.2) is 0 Å². The minimum Gasteiger partial charge on any atom is -0.491 e. The van der Waals surface area contributed by atoms with E-state index in [1.165, 1.54) is 23.9 Å². The van der Waals surface area contributed by atoms with Crippen LogP contribution in [0.4, 0.5) is 11.4 Å². The van der Waals surface area contributed by atoms with Crippen LogP contribution in [0, 0.1) is 10.1 Å². The van der Waals surface area contributed by atoms with E-state index in [-0.39, 0.29) is 16.8 Å². The highest BCUT2D eigenvalue weighted by atomic mass is 32.2. The van der Waals surface area contributed by atoms with Crippen LogP contribution in [-0.4, -0.2) is 22.7 Å². The number of carbonyl (C=O) groups is 1. The van der Waals surface area contributed by atoms with E-state index in [0.29, 0.717) is 18.0 Å². The maximum atomic E-state index is 12.4. The monoisotopic (exact) mass is 360 g/mol. The molecule has 0 aliphatic heterocycles. The van der Waals surface area contributed by atoms with Gasteiger partial charge in [-0.25, -0.2) is 0 Å². The summed E-state index contributed by atoms with van der Waals surface area (Å²) in [4.78, 5) is 23.4. The SMILES string of the molecule is CCCOc1ccccc1NC(=O)C(C)Sc1ccc([N+](=O)[O-])cc1. The molecule has 2 aromatic rings. The molecule has 0 radical (unpaired) electrons. The summed E-state index contributed by atoms with van der Waals surface area (Å²) >= 11 is 1.34. The van der Waals surface area contributed by atoms with E-state index in [1.54, 1.807) is 25.1 Å². The zero-order valence-electron chi connectivity index (χ0n) is 14.1. The predicted molar refractivity (Wildman–Crippen MR) is 99.3 cm³/mol. The van der Waals surface area contributed by atoms with Gasteiger partial charge in [-0.2, -0.15) is 0 Å². The van der Waals surface area contributed by atoms with Crippen LogP contribution in [0.3, 0.4) is 0 Å². The molecule has 0 spiro atoms. The standard InChI is InChI=1S/C18H20N2O4S/c1-3-12-24-17-7-5-4-6-16(17)19-18(21)13(2)25-15-10-8-14(9-11-15)20(22)23/h4-11,13H,3,12H2,1-2H3,(H,19,21). The summed E-state index contributed by atoms with van der Waals surface area (Å²) in [5.41, 5.74) is 0.667. The maximum absolute atomic E-state index is 12.4. The molecule has 6 nitrogen and oxygen atoms in total. The Kier molecular flexibility index (Phi) is 6.82. The van der Waals surface area contributed by atoms with Crippen molar-refractivity contribution >= 4 is 29.0 Å². The van der Waals surface area contributed by atoms with Crippen LogP contribution in [0.5, 0.6) is 5.75 Å². The summed E-state index contributed by atoms with van der Waals surface area (Å²) in [5, 5.41) is 13.2. The van der Waals surface area contributed by atoms with E-state index in [9.17, 15) is 14.9 Å². The van der Waals surface area contributed by atoms with Gasteiger partial charge in [0, 0.05) is 17.0 Å². The largest absolute Gasteiger partial charge is 0.491 e. The third-order valence-electron chi connectivity index (χ3n) is 3.34. The highest BCUT2D eigenvalue weighted by molar-refractivity contribution is 8.00. The number of hydrogen-bond acceptors (Lipinski definition) is 5. The fourth-order valence-electron chi connectivity index (χ4n) is 2.05. The second-order valence-electron chi connectivity index (χ2n) is 5.34. The normalized spacial score (nSPS) is 11.6. The number of ether oxygens (including phenoxy) is 1. The van der Waals surface area contributed by atoms with Crippen molar-refractivity contribution < 1.29 is 14.5 Å². The minimum absolute atomic E-state index is 0.0310. The summed E-state index contributed by atoms with van der Waals surface area (Å²) in [6, 6.07) is 13.5. The quantitative estimate of drug-likeness (QED) is 0.426. The van der Waals surface area contributed by atoms with E-state index < -0.39 is 4.92 Å². The van der Waals surface area contributed by atoms with Crippen LogP contribution in [0.2, 0.25) is 0 Å². The molecule has 0 aliphatic rings. The lowest BCUT2D eigenvalue weighted by atomic mass is 10.3. The summed E-state index contributed by atoms with van der Waals surface area (Å²) in [6.07, 6.45) is 0.884. The van der Waals surface area contributed by atoms with E-state index in [0.717, 1.165) is 11.3 Å². The third kappa shape index (κ3) is 5.49. The molecule has 1 unspecified atom stereocenters. The van der Waals surface area contributed by atoms with Gasteiger partial charge in [0.05, 0.1) is 22.5 Å². The molecular formula is C18H20N2O4S. The van der Waals surface area contributed by atoms with Crippen molar-refractivity contribution in [1.82, 2.24) is 0 Å². The molecule has 0 fully saturated rings. The molecule has 0 aromatic heterocycles. The Morgan fingerprint density at radius 1 is 1.24 bits per heavy atom. The van der Waals surface area contributed by atoms with Crippen molar-refractivity contribution in [2.45, 2.75) is 30.4 Å². The summed E-state index contributed by atoms with van der Waals surface area (Å²) in [5.74, 6) is 0.487. The van der Waals surface area contributed by atoms with E-state index in [1.807, 2.05) is 25.1 Å². The Bertz CT molecular complexity index is 734. The maximum Gasteiger partial charge on any atom is 0.269 e. The highest BCUT2D eigenvalue weighted by Crippen LogP contribution is 2.28. The first-order valence-corrected chi connectivity index (χ1v) is 8.83. The molecule has 0 heterocycles. The number of nitrogens with one attached hydrogen (secondary N) is 1. The Morgan fingerprint density at radius 2 is 1.92 bits per heavy atom. The van der Waals surface area contributed by atoms with Gasteiger partial charge in [-0.3, -0.25) is 14.9 Å². The molecule has 132 valence electrons. The molecule has 0 aliphatic carbocycles. The number of para-hydroxylation sites is 2. The fourth-order valence-corrected chi connectivity index (χ4v) is 2.91. The van der Waals surface area contributed by atoms with Gasteiger partial charge in [-0.15, -0.1) is 11.8 Å². The van der Waals surface area contributed by atoms with Gasteiger partial charge in [0.1, 0.15) is 5.75 Å². The van der Waals surface area contributed by atoms with Crippen molar-refractivity contribution in [3.05, 3.63) is 58.6 Å². The van der Waals surface area contributed by atoms with Gasteiger partial charge in [-0.1, -0.05) is 19.1 Å². The Balaban J connectivity index is 1.99. The molecule has 0 bridgehead atoms. The summed E-state index contributed by atoms with van der Waals surface area (Å²) < 4.78 is 5.64. The molecule has 1 atom stereocenters. The number of anilines is 1. The number of carbonyl (C=O) groups excluding carboxylic acids is 1. The summed E-state index contributed by atoms with van der Waals surface area (Å²) in [7, 11) is 0. The number of amides is 1. The Labute approximate surface area is 150 Å². The van der Waals surface area contributed by atoms with E-state index in [4.69, 9.17) is 4.74 Å². The topological polar surface area (TPSA) is 81.5 Å². The average molecular weight is 360 g/mol. The lowest BCUT2D eigenvalue weighted by molar-refractivity contribution is -0.384. The second-order valence-corrected chi connectivity index (χ2v) is 6.76. The van der Waals surface area contributed by atoms with Crippen LogP contribution in [0.15, 0.2) is 53.4 Å². The molecule has 2 rings (SSSR count). The van der Waals surface area contributed by atoms with Gasteiger partial charge in [-0.05, 0) is 37.6 Å². The zero-order chi connectivity index (χ0) is 18.2. The minimum atomic E-state index is -0.447. The number of non-ortho nitro benzene ring substituents is 1. The summed E-state index contributed by atoms with van der Waals surface area (Å²) in [6.45, 7) is 4.39. The van der Waals surface area contributed by atoms with Gasteiger partial charge in [0.25, 0.3) is 5.69 Å². The molecule has 0 saturated heterocycles. The number of nitrogens with zero attached hydrogens (tertiary/aromatic N) is 1. The van der Waals surface area contributed by atoms with Crippen molar-refractivity contribution in [3.63, 3.8) is 0 Å². The fraction of sp³-hybridized carbons (Fsp3) is 0.278. The lowest BCUT2D eigenvalue weighted by Crippen LogP contribution is -2.22. The Hall–Kier alpha value is -2.54. The first kappa shape index (κ1) is 18.8. The smallest absolute Gasteiger partial charge is 0.269 e. The molecule has 7 heteroatoms. The van der Waals surface area contributed by atoms with Crippen LogP contribution >= 0.6 is 11.8 Å². The van der Waals surface area contributed by atoms with E-state index in [2.05, 4.69) is 5.32 Å². The second kappa shape index (κ2) is 9.08. The molecular weight excluding hydrogens is 340 g/mol. The van der Waals surface area contributed by atoms with Crippen LogP contribution in [0.25, 0.3) is 0 Å². The van der Waals surface area contributed by atoms with Crippen LogP contribution in [-0.2, 0) is 4.79 Å². The van der Waals surface area contributed by atoms with Crippen molar-refractivity contribution in [2.75, 3.05) is 11.9 Å². The van der Waals surface area contributed by atoms with Crippen molar-refractivity contribution in [2.24, 2.45) is 0 Å².